The topological polar surface area (TPSA) is 72.2 Å². The fourth-order valence-electron chi connectivity index (χ4n) is 1.94. The fraction of sp³-hybridized carbons (Fsp3) is 0.333. The maximum Gasteiger partial charge on any atom is 0.335 e. The van der Waals surface area contributed by atoms with E-state index in [1.54, 1.807) is 30.8 Å². The lowest BCUT2D eigenvalue weighted by atomic mass is 10.2. The van der Waals surface area contributed by atoms with Gasteiger partial charge in [0.05, 0.1) is 22.9 Å². The maximum atomic E-state index is 11.2. The zero-order valence-corrected chi connectivity index (χ0v) is 11.0. The second kappa shape index (κ2) is 4.89. The summed E-state index contributed by atoms with van der Waals surface area (Å²) in [5, 5.41) is 8.90. The van der Waals surface area contributed by atoms with Crippen LogP contribution in [0.15, 0.2) is 24.5 Å². The maximum absolute atomic E-state index is 11.2. The molecular weight excluding hydrogens is 252 g/mol. The Bertz CT molecular complexity index is 621. The van der Waals surface area contributed by atoms with Gasteiger partial charge >= 0.3 is 5.97 Å². The van der Waals surface area contributed by atoms with Crippen molar-refractivity contribution in [2.24, 2.45) is 0 Å². The van der Waals surface area contributed by atoms with Crippen LogP contribution in [0.2, 0.25) is 0 Å². The molecule has 1 aromatic heterocycles. The van der Waals surface area contributed by atoms with E-state index in [1.165, 1.54) is 0 Å². The summed E-state index contributed by atoms with van der Waals surface area (Å²) < 4.78 is 13.1. The number of hydrogen-bond donors (Lipinski definition) is 1. The van der Waals surface area contributed by atoms with E-state index in [9.17, 15) is 9.00 Å². The molecule has 1 heterocycles. The van der Waals surface area contributed by atoms with E-state index in [-0.39, 0.29) is 11.6 Å². The van der Waals surface area contributed by atoms with Crippen molar-refractivity contribution >= 4 is 27.8 Å². The van der Waals surface area contributed by atoms with E-state index < -0.39 is 16.8 Å². The van der Waals surface area contributed by atoms with Crippen molar-refractivity contribution in [3.8, 4) is 0 Å². The van der Waals surface area contributed by atoms with Crippen LogP contribution >= 0.6 is 0 Å². The molecule has 5 nitrogen and oxygen atoms in total. The van der Waals surface area contributed by atoms with Crippen molar-refractivity contribution in [1.82, 2.24) is 9.55 Å². The number of imidazole rings is 1. The molecule has 96 valence electrons. The van der Waals surface area contributed by atoms with Crippen LogP contribution in [0.3, 0.4) is 0 Å². The summed E-state index contributed by atoms with van der Waals surface area (Å²) in [6.45, 7) is 1.97. The van der Waals surface area contributed by atoms with Crippen LogP contribution in [0, 0.1) is 0 Å². The lowest BCUT2D eigenvalue weighted by Gasteiger charge is -2.12. The van der Waals surface area contributed by atoms with Gasteiger partial charge in [-0.05, 0) is 25.1 Å². The number of carbonyl (C=O) groups is 1. The molecule has 18 heavy (non-hydrogen) atoms. The van der Waals surface area contributed by atoms with E-state index in [4.69, 9.17) is 5.11 Å². The van der Waals surface area contributed by atoms with Crippen LogP contribution in [-0.4, -0.2) is 36.8 Å². The Hall–Kier alpha value is -1.69. The molecule has 0 aliphatic carbocycles. The quantitative estimate of drug-likeness (QED) is 0.913. The minimum Gasteiger partial charge on any atom is -0.478 e. The molecule has 2 atom stereocenters. The average molecular weight is 266 g/mol. The predicted octanol–water partition coefficient (Wildman–Crippen LogP) is 1.67. The first-order valence-electron chi connectivity index (χ1n) is 5.49. The van der Waals surface area contributed by atoms with Crippen molar-refractivity contribution in [2.45, 2.75) is 13.0 Å². The van der Waals surface area contributed by atoms with E-state index in [2.05, 4.69) is 4.98 Å². The Balaban J connectivity index is 2.42. The highest BCUT2D eigenvalue weighted by molar-refractivity contribution is 7.84. The van der Waals surface area contributed by atoms with Crippen LogP contribution in [-0.2, 0) is 10.8 Å². The Labute approximate surface area is 107 Å². The molecule has 0 aliphatic rings. The molecule has 0 saturated heterocycles. The van der Waals surface area contributed by atoms with Crippen LogP contribution in [0.4, 0.5) is 0 Å². The Morgan fingerprint density at radius 2 is 2.28 bits per heavy atom. The van der Waals surface area contributed by atoms with E-state index in [1.807, 2.05) is 11.5 Å². The summed E-state index contributed by atoms with van der Waals surface area (Å²) in [6.07, 6.45) is 3.33. The van der Waals surface area contributed by atoms with E-state index in [0.29, 0.717) is 11.3 Å². The molecular formula is C12H14N2O3S. The molecule has 1 aromatic carbocycles. The molecule has 0 saturated carbocycles. The van der Waals surface area contributed by atoms with Gasteiger partial charge in [0, 0.05) is 28.9 Å². The first-order chi connectivity index (χ1) is 8.49. The third kappa shape index (κ3) is 2.43. The molecule has 0 spiro atoms. The van der Waals surface area contributed by atoms with Crippen molar-refractivity contribution in [3.63, 3.8) is 0 Å². The first kappa shape index (κ1) is 12.8. The lowest BCUT2D eigenvalue weighted by Crippen LogP contribution is -2.11. The van der Waals surface area contributed by atoms with Crippen LogP contribution in [0.5, 0.6) is 0 Å². The lowest BCUT2D eigenvalue weighted by molar-refractivity contribution is 0.0697. The van der Waals surface area contributed by atoms with Crippen LogP contribution < -0.4 is 0 Å². The Morgan fingerprint density at radius 1 is 1.56 bits per heavy atom. The smallest absolute Gasteiger partial charge is 0.335 e. The van der Waals surface area contributed by atoms with Crippen molar-refractivity contribution in [1.29, 1.82) is 0 Å². The number of carboxylic acid groups (broad SMARTS) is 1. The third-order valence-electron chi connectivity index (χ3n) is 2.77. The van der Waals surface area contributed by atoms with Gasteiger partial charge in [-0.25, -0.2) is 9.78 Å². The minimum atomic E-state index is -0.964. The van der Waals surface area contributed by atoms with Gasteiger partial charge in [-0.2, -0.15) is 0 Å². The third-order valence-corrected chi connectivity index (χ3v) is 3.72. The highest BCUT2D eigenvalue weighted by atomic mass is 32.2. The van der Waals surface area contributed by atoms with Gasteiger partial charge < -0.3 is 9.67 Å². The van der Waals surface area contributed by atoms with Gasteiger partial charge in [-0.3, -0.25) is 4.21 Å². The Kier molecular flexibility index (Phi) is 3.47. The van der Waals surface area contributed by atoms with Crippen LogP contribution in [0.1, 0.15) is 23.3 Å². The average Bonchev–Trinajstić information content (AvgIpc) is 2.70. The number of carboxylic acids is 1. The second-order valence-corrected chi connectivity index (χ2v) is 5.73. The van der Waals surface area contributed by atoms with E-state index in [0.717, 1.165) is 5.52 Å². The summed E-state index contributed by atoms with van der Waals surface area (Å²) in [7, 11) is -0.878. The molecule has 2 rings (SSSR count). The molecule has 0 amide bonds. The molecule has 0 aliphatic heterocycles. The van der Waals surface area contributed by atoms with Gasteiger partial charge in [0.2, 0.25) is 0 Å². The standard InChI is InChI=1S/C12H14N2O3S/c1-8(6-18(2)17)14-7-13-10-5-9(12(15)16)3-4-11(10)14/h3-5,7-8H,6H2,1-2H3,(H,15,16). The molecule has 0 fully saturated rings. The summed E-state index contributed by atoms with van der Waals surface area (Å²) in [5.74, 6) is -0.416. The highest BCUT2D eigenvalue weighted by Gasteiger charge is 2.12. The van der Waals surface area contributed by atoms with Gasteiger partial charge in [0.1, 0.15) is 0 Å². The molecule has 2 unspecified atom stereocenters. The van der Waals surface area contributed by atoms with Gasteiger partial charge in [-0.1, -0.05) is 0 Å². The second-order valence-electron chi connectivity index (χ2n) is 4.25. The molecule has 0 radical (unpaired) electrons. The number of nitrogens with zero attached hydrogens (tertiary/aromatic N) is 2. The largest absolute Gasteiger partial charge is 0.478 e. The van der Waals surface area contributed by atoms with Crippen LogP contribution in [0.25, 0.3) is 11.0 Å². The Morgan fingerprint density at radius 3 is 2.89 bits per heavy atom. The first-order valence-corrected chi connectivity index (χ1v) is 7.21. The number of aromatic carboxylic acids is 1. The summed E-state index contributed by atoms with van der Waals surface area (Å²) in [4.78, 5) is 15.0. The highest BCUT2D eigenvalue weighted by Crippen LogP contribution is 2.19. The summed E-state index contributed by atoms with van der Waals surface area (Å²) >= 11 is 0. The summed E-state index contributed by atoms with van der Waals surface area (Å²) in [5.41, 5.74) is 1.72. The summed E-state index contributed by atoms with van der Waals surface area (Å²) in [6, 6.07) is 4.90. The van der Waals surface area contributed by atoms with Gasteiger partial charge in [-0.15, -0.1) is 0 Å². The fourth-order valence-corrected chi connectivity index (χ4v) is 2.78. The minimum absolute atomic E-state index is 0.0662. The van der Waals surface area contributed by atoms with Crippen molar-refractivity contribution in [2.75, 3.05) is 12.0 Å². The molecule has 6 heteroatoms. The van der Waals surface area contributed by atoms with E-state index >= 15 is 0 Å². The number of fused-ring (bicyclic) bond motifs is 1. The molecule has 0 bridgehead atoms. The SMILES string of the molecule is CC(CS(C)=O)n1cnc2cc(C(=O)O)ccc21. The zero-order chi connectivity index (χ0) is 13.3. The van der Waals surface area contributed by atoms with Gasteiger partial charge in [0.15, 0.2) is 0 Å². The van der Waals surface area contributed by atoms with Crippen molar-refractivity contribution < 1.29 is 14.1 Å². The number of benzene rings is 1. The molecule has 2 aromatic rings. The van der Waals surface area contributed by atoms with Gasteiger partial charge in [0.25, 0.3) is 0 Å². The number of aromatic nitrogens is 2. The zero-order valence-electron chi connectivity index (χ0n) is 10.2. The number of rotatable bonds is 4. The molecule has 1 N–H and O–H groups in total. The number of hydrogen-bond acceptors (Lipinski definition) is 3. The monoisotopic (exact) mass is 266 g/mol. The predicted molar refractivity (Wildman–Crippen MR) is 70.3 cm³/mol. The normalized spacial score (nSPS) is 14.6. The van der Waals surface area contributed by atoms with Crippen molar-refractivity contribution in [3.05, 3.63) is 30.1 Å².